The lowest BCUT2D eigenvalue weighted by atomic mass is 9.98. The van der Waals surface area contributed by atoms with E-state index in [1.807, 2.05) is 12.1 Å². The first-order valence-corrected chi connectivity index (χ1v) is 5.98. The molecule has 0 saturated carbocycles. The summed E-state index contributed by atoms with van der Waals surface area (Å²) in [6.07, 6.45) is 1.01. The summed E-state index contributed by atoms with van der Waals surface area (Å²) in [6.45, 7) is 2.37. The molecule has 1 aliphatic rings. The van der Waals surface area contributed by atoms with Crippen LogP contribution in [-0.2, 0) is 16.0 Å². The number of esters is 1. The van der Waals surface area contributed by atoms with Gasteiger partial charge in [-0.3, -0.25) is 9.59 Å². The van der Waals surface area contributed by atoms with Crippen LogP contribution in [-0.4, -0.2) is 25.5 Å². The van der Waals surface area contributed by atoms with Gasteiger partial charge in [0.1, 0.15) is 5.75 Å². The third-order valence-electron chi connectivity index (χ3n) is 3.11. The molecule has 0 bridgehead atoms. The third-order valence-corrected chi connectivity index (χ3v) is 3.11. The minimum Gasteiger partial charge on any atom is -0.493 e. The Kier molecular flexibility index (Phi) is 3.65. The summed E-state index contributed by atoms with van der Waals surface area (Å²) in [7, 11) is 1.33. The van der Waals surface area contributed by atoms with Crippen LogP contribution >= 0.6 is 0 Å². The topological polar surface area (TPSA) is 52.6 Å². The Hall–Kier alpha value is -1.84. The predicted octanol–water partition coefficient (Wildman–Crippen LogP) is 2.00. The van der Waals surface area contributed by atoms with Crippen LogP contribution in [0, 0.1) is 5.92 Å². The molecule has 1 aliphatic heterocycles. The van der Waals surface area contributed by atoms with Crippen LogP contribution in [0.2, 0.25) is 0 Å². The first-order valence-electron chi connectivity index (χ1n) is 5.98. The van der Waals surface area contributed by atoms with Gasteiger partial charge in [-0.15, -0.1) is 0 Å². The van der Waals surface area contributed by atoms with E-state index in [1.54, 1.807) is 13.0 Å². The smallest absolute Gasteiger partial charge is 0.308 e. The van der Waals surface area contributed by atoms with Crippen molar-refractivity contribution in [1.82, 2.24) is 0 Å². The summed E-state index contributed by atoms with van der Waals surface area (Å²) in [5.41, 5.74) is 1.70. The van der Waals surface area contributed by atoms with Crippen molar-refractivity contribution in [3.8, 4) is 5.75 Å². The summed E-state index contributed by atoms with van der Waals surface area (Å²) in [5.74, 6) is 0.0509. The van der Waals surface area contributed by atoms with Gasteiger partial charge in [0.05, 0.1) is 19.6 Å². The molecule has 0 saturated heterocycles. The maximum Gasteiger partial charge on any atom is 0.308 e. The molecule has 0 amide bonds. The molecule has 1 atom stereocenters. The third kappa shape index (κ3) is 2.53. The van der Waals surface area contributed by atoms with E-state index >= 15 is 0 Å². The lowest BCUT2D eigenvalue weighted by Crippen LogP contribution is -2.17. The maximum absolute atomic E-state index is 12.0. The molecule has 1 aromatic rings. The Morgan fingerprint density at radius 2 is 2.22 bits per heavy atom. The molecule has 4 heteroatoms. The predicted molar refractivity (Wildman–Crippen MR) is 65.8 cm³/mol. The fourth-order valence-electron chi connectivity index (χ4n) is 2.04. The highest BCUT2D eigenvalue weighted by atomic mass is 16.5. The number of Topliss-reactive ketones (excluding diaryl/α,β-unsaturated/α-hetero) is 1. The van der Waals surface area contributed by atoms with E-state index < -0.39 is 5.92 Å². The molecule has 1 unspecified atom stereocenters. The number of carbonyl (C=O) groups excluding carboxylic acids is 2. The van der Waals surface area contributed by atoms with Gasteiger partial charge < -0.3 is 9.47 Å². The van der Waals surface area contributed by atoms with Crippen LogP contribution in [0.15, 0.2) is 18.2 Å². The highest BCUT2D eigenvalue weighted by Crippen LogP contribution is 2.26. The van der Waals surface area contributed by atoms with Crippen LogP contribution in [0.1, 0.15) is 29.3 Å². The summed E-state index contributed by atoms with van der Waals surface area (Å²) >= 11 is 0. The average Bonchev–Trinajstić information content (AvgIpc) is 2.84. The highest BCUT2D eigenvalue weighted by molar-refractivity contribution is 5.98. The van der Waals surface area contributed by atoms with Crippen molar-refractivity contribution in [1.29, 1.82) is 0 Å². The van der Waals surface area contributed by atoms with E-state index in [0.717, 1.165) is 17.7 Å². The molecule has 0 radical (unpaired) electrons. The number of ketones is 1. The van der Waals surface area contributed by atoms with E-state index in [1.165, 1.54) is 7.11 Å². The first-order chi connectivity index (χ1) is 8.61. The minimum atomic E-state index is -0.410. The first kappa shape index (κ1) is 12.6. The molecule has 1 aromatic carbocycles. The van der Waals surface area contributed by atoms with Gasteiger partial charge in [0.2, 0.25) is 0 Å². The maximum atomic E-state index is 12.0. The largest absolute Gasteiger partial charge is 0.493 e. The number of carbonyl (C=O) groups is 2. The molecular weight excluding hydrogens is 232 g/mol. The molecule has 0 aliphatic carbocycles. The van der Waals surface area contributed by atoms with Gasteiger partial charge in [0, 0.05) is 18.4 Å². The number of benzene rings is 1. The van der Waals surface area contributed by atoms with Crippen molar-refractivity contribution in [2.75, 3.05) is 13.7 Å². The van der Waals surface area contributed by atoms with Gasteiger partial charge in [-0.25, -0.2) is 0 Å². The van der Waals surface area contributed by atoms with Crippen molar-refractivity contribution < 1.29 is 19.1 Å². The second-order valence-electron chi connectivity index (χ2n) is 4.47. The van der Waals surface area contributed by atoms with Gasteiger partial charge in [0.25, 0.3) is 0 Å². The molecule has 1 heterocycles. The zero-order chi connectivity index (χ0) is 13.1. The Morgan fingerprint density at radius 1 is 1.44 bits per heavy atom. The molecule has 0 spiro atoms. The van der Waals surface area contributed by atoms with E-state index in [9.17, 15) is 9.59 Å². The number of fused-ring (bicyclic) bond motifs is 1. The fraction of sp³-hybridized carbons (Fsp3) is 0.429. The lowest BCUT2D eigenvalue weighted by molar-refractivity contribution is -0.144. The molecule has 18 heavy (non-hydrogen) atoms. The van der Waals surface area contributed by atoms with Crippen molar-refractivity contribution in [2.45, 2.75) is 19.8 Å². The van der Waals surface area contributed by atoms with Crippen molar-refractivity contribution in [3.05, 3.63) is 29.3 Å². The number of hydrogen-bond donors (Lipinski definition) is 0. The van der Waals surface area contributed by atoms with E-state index in [4.69, 9.17) is 4.74 Å². The van der Waals surface area contributed by atoms with Crippen LogP contribution in [0.5, 0.6) is 5.75 Å². The monoisotopic (exact) mass is 248 g/mol. The minimum absolute atomic E-state index is 0.0393. The van der Waals surface area contributed by atoms with Gasteiger partial charge in [0.15, 0.2) is 5.78 Å². The van der Waals surface area contributed by atoms with Crippen molar-refractivity contribution in [2.24, 2.45) is 5.92 Å². The molecule has 96 valence electrons. The summed E-state index contributed by atoms with van der Waals surface area (Å²) in [4.78, 5) is 23.3. The second kappa shape index (κ2) is 5.21. The van der Waals surface area contributed by atoms with Crippen LogP contribution in [0.25, 0.3) is 0 Å². The molecule has 0 aromatic heterocycles. The van der Waals surface area contributed by atoms with Crippen LogP contribution < -0.4 is 4.74 Å². The summed E-state index contributed by atoms with van der Waals surface area (Å²) in [5, 5.41) is 0. The number of ether oxygens (including phenoxy) is 2. The SMILES string of the molecule is COC(=O)C(C)CC(=O)c1ccc2c(c1)CCO2. The highest BCUT2D eigenvalue weighted by Gasteiger charge is 2.20. The lowest BCUT2D eigenvalue weighted by Gasteiger charge is -2.08. The standard InChI is InChI=1S/C14H16O4/c1-9(14(16)17-2)7-12(15)10-3-4-13-11(8-10)5-6-18-13/h3-4,8-9H,5-7H2,1-2H3. The number of hydrogen-bond acceptors (Lipinski definition) is 4. The summed E-state index contributed by atoms with van der Waals surface area (Å²) < 4.78 is 10.00. The Bertz CT molecular complexity index is 479. The van der Waals surface area contributed by atoms with E-state index in [0.29, 0.717) is 12.2 Å². The van der Waals surface area contributed by atoms with E-state index in [-0.39, 0.29) is 18.2 Å². The van der Waals surface area contributed by atoms with Gasteiger partial charge in [-0.05, 0) is 23.8 Å². The van der Waals surface area contributed by atoms with Crippen LogP contribution in [0.3, 0.4) is 0 Å². The normalized spacial score (nSPS) is 14.6. The van der Waals surface area contributed by atoms with Gasteiger partial charge in [-0.1, -0.05) is 6.92 Å². The number of rotatable bonds is 4. The molecule has 0 N–H and O–H groups in total. The Balaban J connectivity index is 2.07. The second-order valence-corrected chi connectivity index (χ2v) is 4.47. The number of methoxy groups -OCH3 is 1. The zero-order valence-electron chi connectivity index (χ0n) is 10.6. The Morgan fingerprint density at radius 3 is 2.94 bits per heavy atom. The Labute approximate surface area is 106 Å². The zero-order valence-corrected chi connectivity index (χ0v) is 10.6. The molecule has 0 fully saturated rings. The molecule has 4 nitrogen and oxygen atoms in total. The summed E-state index contributed by atoms with van der Waals surface area (Å²) in [6, 6.07) is 5.42. The quantitative estimate of drug-likeness (QED) is 0.604. The molecule has 2 rings (SSSR count). The van der Waals surface area contributed by atoms with E-state index in [2.05, 4.69) is 4.74 Å². The fourth-order valence-corrected chi connectivity index (χ4v) is 2.04. The van der Waals surface area contributed by atoms with Crippen LogP contribution in [0.4, 0.5) is 0 Å². The average molecular weight is 248 g/mol. The van der Waals surface area contributed by atoms with Crippen molar-refractivity contribution >= 4 is 11.8 Å². The molecular formula is C14H16O4. The van der Waals surface area contributed by atoms with Crippen molar-refractivity contribution in [3.63, 3.8) is 0 Å². The van der Waals surface area contributed by atoms with Gasteiger partial charge >= 0.3 is 5.97 Å². The van der Waals surface area contributed by atoms with Gasteiger partial charge in [-0.2, -0.15) is 0 Å².